The number of aliphatic imine (C=N–C) groups is 1. The van der Waals surface area contributed by atoms with Gasteiger partial charge in [-0.1, -0.05) is 31.2 Å². The molecule has 0 aliphatic carbocycles. The van der Waals surface area contributed by atoms with Crippen molar-refractivity contribution in [3.05, 3.63) is 65.2 Å². The summed E-state index contributed by atoms with van der Waals surface area (Å²) in [6, 6.07) is 13.4. The molecule has 0 spiro atoms. The van der Waals surface area contributed by atoms with Crippen LogP contribution in [-0.2, 0) is 21.2 Å². The van der Waals surface area contributed by atoms with E-state index in [1.165, 1.54) is 11.6 Å². The third-order valence-electron chi connectivity index (χ3n) is 5.83. The van der Waals surface area contributed by atoms with Crippen LogP contribution in [0.5, 0.6) is 0 Å². The molecule has 2 aromatic rings. The zero-order valence-corrected chi connectivity index (χ0v) is 18.9. The van der Waals surface area contributed by atoms with E-state index >= 15 is 0 Å². The summed E-state index contributed by atoms with van der Waals surface area (Å²) in [6.07, 6.45) is 0.921. The molecule has 8 nitrogen and oxygen atoms in total. The van der Waals surface area contributed by atoms with Crippen LogP contribution in [0.1, 0.15) is 35.3 Å². The lowest BCUT2D eigenvalue weighted by atomic mass is 10.1. The summed E-state index contributed by atoms with van der Waals surface area (Å²) in [7, 11) is -3.65. The maximum Gasteiger partial charge on any atom is 0.263 e. The number of hydrogen-bond acceptors (Lipinski definition) is 5. The Kier molecular flexibility index (Phi) is 6.01. The zero-order chi connectivity index (χ0) is 22.9. The number of benzene rings is 2. The SMILES string of the molecule is CCc1ccc(C(=O)N2CCN(C(=O)[C@H](C)N=C3NS(=O)(=O)c4ccccc43)CC2)cc1. The number of nitrogens with zero attached hydrogens (tertiary/aromatic N) is 3. The van der Waals surface area contributed by atoms with Crippen molar-refractivity contribution in [1.29, 1.82) is 0 Å². The van der Waals surface area contributed by atoms with Crippen LogP contribution in [0, 0.1) is 0 Å². The minimum atomic E-state index is -3.65. The Morgan fingerprint density at radius 3 is 2.28 bits per heavy atom. The smallest absolute Gasteiger partial charge is 0.263 e. The fourth-order valence-electron chi connectivity index (χ4n) is 3.94. The number of aryl methyl sites for hydroxylation is 1. The number of carbonyl (C=O) groups excluding carboxylic acids is 2. The van der Waals surface area contributed by atoms with Gasteiger partial charge in [0.05, 0.1) is 4.90 Å². The summed E-state index contributed by atoms with van der Waals surface area (Å²) in [5, 5.41) is 0. The molecule has 4 rings (SSSR count). The van der Waals surface area contributed by atoms with Crippen molar-refractivity contribution in [1.82, 2.24) is 14.5 Å². The Bertz CT molecular complexity index is 1170. The van der Waals surface area contributed by atoms with Gasteiger partial charge in [0, 0.05) is 37.3 Å². The minimum absolute atomic E-state index is 0.0370. The molecule has 0 bridgehead atoms. The Morgan fingerprint density at radius 1 is 1.00 bits per heavy atom. The third kappa shape index (κ3) is 4.25. The van der Waals surface area contributed by atoms with Gasteiger partial charge in [-0.2, -0.15) is 0 Å². The van der Waals surface area contributed by atoms with Crippen LogP contribution in [0.2, 0.25) is 0 Å². The van der Waals surface area contributed by atoms with Crippen molar-refractivity contribution in [3.63, 3.8) is 0 Å². The molecule has 168 valence electrons. The van der Waals surface area contributed by atoms with Gasteiger partial charge in [-0.15, -0.1) is 0 Å². The second-order valence-electron chi connectivity index (χ2n) is 7.92. The van der Waals surface area contributed by atoms with E-state index in [9.17, 15) is 18.0 Å². The molecule has 0 radical (unpaired) electrons. The van der Waals surface area contributed by atoms with Crippen molar-refractivity contribution in [2.75, 3.05) is 26.2 Å². The number of piperazine rings is 1. The molecule has 9 heteroatoms. The van der Waals surface area contributed by atoms with Gasteiger partial charge in [0.25, 0.3) is 15.9 Å². The van der Waals surface area contributed by atoms with E-state index in [0.717, 1.165) is 6.42 Å². The van der Waals surface area contributed by atoms with E-state index in [-0.39, 0.29) is 22.5 Å². The van der Waals surface area contributed by atoms with Gasteiger partial charge >= 0.3 is 0 Å². The number of amidine groups is 1. The fourth-order valence-corrected chi connectivity index (χ4v) is 5.18. The fraction of sp³-hybridized carbons (Fsp3) is 0.348. The van der Waals surface area contributed by atoms with Gasteiger partial charge in [0.2, 0.25) is 5.91 Å². The Hall–Kier alpha value is -3.20. The first-order valence-electron chi connectivity index (χ1n) is 10.7. The molecule has 2 aliphatic heterocycles. The molecule has 32 heavy (non-hydrogen) atoms. The molecule has 1 fully saturated rings. The number of sulfonamides is 1. The first-order valence-corrected chi connectivity index (χ1v) is 12.2. The topological polar surface area (TPSA) is 99.2 Å². The first-order chi connectivity index (χ1) is 15.3. The molecule has 0 unspecified atom stereocenters. The van der Waals surface area contributed by atoms with Gasteiger partial charge in [-0.25, -0.2) is 8.42 Å². The maximum atomic E-state index is 12.9. The van der Waals surface area contributed by atoms with Gasteiger partial charge in [-0.05, 0) is 43.2 Å². The van der Waals surface area contributed by atoms with Gasteiger partial charge in [0.15, 0.2) is 0 Å². The zero-order valence-electron chi connectivity index (χ0n) is 18.1. The monoisotopic (exact) mass is 454 g/mol. The first kappa shape index (κ1) is 22.0. The molecule has 2 aliphatic rings. The Labute approximate surface area is 188 Å². The van der Waals surface area contributed by atoms with Crippen molar-refractivity contribution < 1.29 is 18.0 Å². The summed E-state index contributed by atoms with van der Waals surface area (Å²) in [5.74, 6) is -0.0451. The summed E-state index contributed by atoms with van der Waals surface area (Å²) in [4.78, 5) is 33.6. The Morgan fingerprint density at radius 2 is 1.62 bits per heavy atom. The highest BCUT2D eigenvalue weighted by atomic mass is 32.2. The van der Waals surface area contributed by atoms with Crippen LogP contribution in [0.4, 0.5) is 0 Å². The van der Waals surface area contributed by atoms with Crippen molar-refractivity contribution in [2.45, 2.75) is 31.2 Å². The van der Waals surface area contributed by atoms with Crippen LogP contribution in [0.3, 0.4) is 0 Å². The molecular formula is C23H26N4O4S. The van der Waals surface area contributed by atoms with Gasteiger partial charge in [-0.3, -0.25) is 19.3 Å². The van der Waals surface area contributed by atoms with Crippen LogP contribution in [0.25, 0.3) is 0 Å². The van der Waals surface area contributed by atoms with Crippen LogP contribution >= 0.6 is 0 Å². The third-order valence-corrected chi connectivity index (χ3v) is 7.23. The molecule has 2 amide bonds. The van der Waals surface area contributed by atoms with E-state index in [2.05, 4.69) is 16.6 Å². The largest absolute Gasteiger partial charge is 0.337 e. The highest BCUT2D eigenvalue weighted by Gasteiger charge is 2.32. The van der Waals surface area contributed by atoms with Gasteiger partial charge in [0.1, 0.15) is 11.9 Å². The van der Waals surface area contributed by atoms with E-state index in [4.69, 9.17) is 0 Å². The number of rotatable bonds is 4. The highest BCUT2D eigenvalue weighted by molar-refractivity contribution is 7.90. The molecule has 1 N–H and O–H groups in total. The molecule has 0 saturated carbocycles. The summed E-state index contributed by atoms with van der Waals surface area (Å²) >= 11 is 0. The second kappa shape index (κ2) is 8.74. The molecule has 2 aromatic carbocycles. The molecule has 1 atom stereocenters. The number of carbonyl (C=O) groups is 2. The van der Waals surface area contributed by atoms with E-state index < -0.39 is 16.1 Å². The standard InChI is InChI=1S/C23H26N4O4S/c1-3-17-8-10-18(11-9-17)23(29)27-14-12-26(13-15-27)22(28)16(2)24-21-19-6-4-5-7-20(19)32(30,31)25-21/h4-11,16H,3,12-15H2,1-2H3,(H,24,25)/t16-/m0/s1. The van der Waals surface area contributed by atoms with Crippen molar-refractivity contribution in [2.24, 2.45) is 4.99 Å². The Balaban J connectivity index is 1.39. The maximum absolute atomic E-state index is 12.9. The number of hydrogen-bond donors (Lipinski definition) is 1. The van der Waals surface area contributed by atoms with E-state index in [1.807, 2.05) is 24.3 Å². The van der Waals surface area contributed by atoms with E-state index in [0.29, 0.717) is 37.3 Å². The van der Waals surface area contributed by atoms with Crippen LogP contribution in [0.15, 0.2) is 58.4 Å². The lowest BCUT2D eigenvalue weighted by Crippen LogP contribution is -2.52. The van der Waals surface area contributed by atoms with Crippen LogP contribution in [-0.4, -0.2) is 68.1 Å². The molecule has 0 aromatic heterocycles. The average molecular weight is 455 g/mol. The number of nitrogens with one attached hydrogen (secondary N) is 1. The number of amides is 2. The molecule has 1 saturated heterocycles. The van der Waals surface area contributed by atoms with E-state index in [1.54, 1.807) is 34.9 Å². The predicted molar refractivity (Wildman–Crippen MR) is 121 cm³/mol. The summed E-state index contributed by atoms with van der Waals surface area (Å²) in [5.41, 5.74) is 2.30. The lowest BCUT2D eigenvalue weighted by Gasteiger charge is -2.35. The van der Waals surface area contributed by atoms with Crippen LogP contribution < -0.4 is 4.72 Å². The summed E-state index contributed by atoms with van der Waals surface area (Å²) < 4.78 is 26.9. The highest BCUT2D eigenvalue weighted by Crippen LogP contribution is 2.23. The quantitative estimate of drug-likeness (QED) is 0.760. The average Bonchev–Trinajstić information content (AvgIpc) is 3.08. The second-order valence-corrected chi connectivity index (χ2v) is 9.57. The normalized spacial score (nSPS) is 19.4. The predicted octanol–water partition coefficient (Wildman–Crippen LogP) is 1.66. The van der Waals surface area contributed by atoms with Crippen molar-refractivity contribution in [3.8, 4) is 0 Å². The minimum Gasteiger partial charge on any atom is -0.337 e. The summed E-state index contributed by atoms with van der Waals surface area (Å²) in [6.45, 7) is 5.43. The molecule has 2 heterocycles. The van der Waals surface area contributed by atoms with Crippen molar-refractivity contribution >= 4 is 27.7 Å². The lowest BCUT2D eigenvalue weighted by molar-refractivity contribution is -0.133. The number of fused-ring (bicyclic) bond motifs is 1. The molecular weight excluding hydrogens is 428 g/mol. The van der Waals surface area contributed by atoms with Gasteiger partial charge < -0.3 is 9.80 Å².